The summed E-state index contributed by atoms with van der Waals surface area (Å²) in [5.41, 5.74) is -8.15. The largest absolute Gasteiger partial charge is 0.459 e. The van der Waals surface area contributed by atoms with Gasteiger partial charge >= 0.3 is 11.9 Å². The number of likely N-dealkylation sites (N-methyl/N-ethyl adjacent to an activating group) is 2. The number of carbonyl (C=O) groups is 2. The van der Waals surface area contributed by atoms with Crippen LogP contribution in [0.3, 0.4) is 0 Å². The molecule has 0 spiro atoms. The van der Waals surface area contributed by atoms with E-state index in [1.807, 2.05) is 112 Å². The van der Waals surface area contributed by atoms with Crippen molar-refractivity contribution in [1.82, 2.24) is 9.80 Å². The van der Waals surface area contributed by atoms with Crippen molar-refractivity contribution in [2.24, 2.45) is 57.7 Å². The number of methoxy groups -OCH3 is 2. The van der Waals surface area contributed by atoms with Gasteiger partial charge in [0, 0.05) is 87.7 Å². The van der Waals surface area contributed by atoms with Gasteiger partial charge in [0.15, 0.2) is 25.2 Å². The minimum absolute atomic E-state index is 0.00760. The van der Waals surface area contributed by atoms with Gasteiger partial charge in [0.1, 0.15) is 61.0 Å². The topological polar surface area (TPSA) is 397 Å². The van der Waals surface area contributed by atoms with Gasteiger partial charge in [-0.05, 0) is 147 Å². The predicted octanol–water partition coefficient (Wildman–Crippen LogP) is 7.33. The van der Waals surface area contributed by atoms with Crippen molar-refractivity contribution >= 4 is 23.4 Å². The van der Waals surface area contributed by atoms with Crippen LogP contribution in [0.15, 0.2) is 71.0 Å². The summed E-state index contributed by atoms with van der Waals surface area (Å²) in [6.07, 6.45) is -23.1. The van der Waals surface area contributed by atoms with Gasteiger partial charge in [-0.1, -0.05) is 126 Å². The zero-order chi connectivity index (χ0) is 87.8. The number of rotatable bonds is 23. The van der Waals surface area contributed by atoms with Crippen molar-refractivity contribution in [3.05, 3.63) is 71.8 Å². The first kappa shape index (κ1) is 98.9. The number of benzene rings is 2. The Morgan fingerprint density at radius 3 is 1.10 bits per heavy atom. The lowest BCUT2D eigenvalue weighted by atomic mass is 9.73. The molecule has 2 aromatic carbocycles. The van der Waals surface area contributed by atoms with E-state index in [0.717, 1.165) is 11.1 Å². The zero-order valence-corrected chi connectivity index (χ0v) is 74.4. The van der Waals surface area contributed by atoms with Crippen molar-refractivity contribution in [2.75, 3.05) is 41.4 Å². The van der Waals surface area contributed by atoms with Gasteiger partial charge in [0.25, 0.3) is 0 Å². The number of nitrogens with zero attached hydrogens (tertiary/aromatic N) is 4. The SMILES string of the molecule is CC[C@H]1OC(=O)[C@H](C)[C@@H](O[C@H]2C[C@@](C)(OC)[C@@H](O)[C@H](C)O2)[C@H](C)[C@@H](O[C@@H]2O[C@H](C)C[C@H](N(C)CCN(C)[C@H]3C[C@@H](C)O[C@@H](O[C@@H]4[C@@H](C)[C@H](O[C@H]5C[C@@](C)(OC)[C@@H](O)[C@H](C)O5)[C@@H](C)C(=O)O[C@H](CC)[C@@](C)(O)[C@H](O)[C@@H](C)/C(=N\OCc5ccccc5)[C@H](C)C[C@@]4(C)O)[C@@H]3O)[C@H]2O)[C@](C)(O)C[C@@H](C)/C(=N/OCc2ccccc2)[C@H](C)[C@@H](O)[C@]1(C)O. The smallest absolute Gasteiger partial charge is 0.311 e. The van der Waals surface area contributed by atoms with Gasteiger partial charge in [-0.2, -0.15) is 0 Å². The number of hydrogen-bond acceptors (Lipinski definition) is 30. The molecule has 674 valence electrons. The van der Waals surface area contributed by atoms with Gasteiger partial charge in [0.05, 0.1) is 107 Å². The number of cyclic esters (lactones) is 2. The van der Waals surface area contributed by atoms with Crippen LogP contribution in [-0.2, 0) is 89.3 Å². The predicted molar refractivity (Wildman–Crippen MR) is 438 cm³/mol. The maximum atomic E-state index is 15.0. The summed E-state index contributed by atoms with van der Waals surface area (Å²) in [5.74, 6) is -9.37. The highest BCUT2D eigenvalue weighted by Crippen LogP contribution is 2.45. The van der Waals surface area contributed by atoms with E-state index in [1.165, 1.54) is 28.1 Å². The summed E-state index contributed by atoms with van der Waals surface area (Å²) in [5, 5.41) is 134. The molecule has 0 bridgehead atoms. The van der Waals surface area contributed by atoms with Crippen LogP contribution in [0.4, 0.5) is 0 Å². The second-order valence-corrected chi connectivity index (χ2v) is 36.7. The first-order chi connectivity index (χ1) is 55.1. The van der Waals surface area contributed by atoms with Crippen LogP contribution in [0, 0.1) is 47.3 Å². The Bertz CT molecular complexity index is 3290. The van der Waals surface area contributed by atoms with Crippen LogP contribution in [-0.4, -0.2) is 294 Å². The number of aliphatic hydroxyl groups excluding tert-OH is 6. The van der Waals surface area contributed by atoms with E-state index < -0.39 is 228 Å². The number of carbonyl (C=O) groups excluding carboxylic acids is 2. The fourth-order valence-electron chi connectivity index (χ4n) is 19.2. The summed E-state index contributed by atoms with van der Waals surface area (Å²) < 4.78 is 78.4. The molecule has 0 saturated carbocycles. The van der Waals surface area contributed by atoms with Crippen molar-refractivity contribution < 1.29 is 127 Å². The van der Waals surface area contributed by atoms with Crippen molar-refractivity contribution in [3.63, 3.8) is 0 Å². The lowest BCUT2D eigenvalue weighted by Crippen LogP contribution is -2.62. The van der Waals surface area contributed by atoms with Crippen LogP contribution < -0.4 is 0 Å². The molecule has 6 aliphatic heterocycles. The standard InChI is InChI=1S/C88H146N4O26/c1-25-63-87(19,103)73(95)51(7)67(89-107-45-59-33-29-27-30-34-59)47(3)41-83(15,101)77(53(9)71(55(11)79(99)113-63)115-65-43-85(17,105-23)75(97)57(13)111-65)117-81-69(93)61(39-49(5)109-81)91(21)37-38-92(22)62-40-50(6)110-82(70(62)94)118-78-54(10)72(116-66-44-86(18,106-24)76(98)58(14)112-66)56(12)80(100)114-64(26-2)88(20,104)74(96)52(8)68(48(4)42-84(78,16)102)90-108-46-60-35-31-28-32-36-60/h27-36,47-58,61-66,69-78,81-82,93-98,101-104H,25-26,37-46H2,1-24H3/b89-67-,90-68-/t47-,48-,49-,50-,51+,52+,53+,54+,55-,56-,57+,58+,61+,62+,63-,64-,65+,66+,69-,70-,71+,72+,73-,74-,75+,76+,77-,78-,81+,82+,83-,84-,85-,86-,87-,88-/m1/s1. The Morgan fingerprint density at radius 2 is 0.788 bits per heavy atom. The molecule has 0 aromatic heterocycles. The third-order valence-electron chi connectivity index (χ3n) is 26.8. The molecule has 6 heterocycles. The molecule has 6 fully saturated rings. The van der Waals surface area contributed by atoms with Gasteiger partial charge in [-0.15, -0.1) is 0 Å². The van der Waals surface area contributed by atoms with Crippen LogP contribution in [0.5, 0.6) is 0 Å². The molecule has 8 rings (SSSR count). The number of aliphatic hydroxyl groups is 10. The fraction of sp³-hybridized carbons (Fsp3) is 0.818. The Kier molecular flexibility index (Phi) is 34.8. The Balaban J connectivity index is 1.10. The molecule has 118 heavy (non-hydrogen) atoms. The molecular formula is C88H146N4O26. The first-order valence-electron chi connectivity index (χ1n) is 42.7. The lowest BCUT2D eigenvalue weighted by molar-refractivity contribution is -0.319. The molecule has 0 amide bonds. The number of esters is 2. The van der Waals surface area contributed by atoms with Gasteiger partial charge in [0.2, 0.25) is 0 Å². The quantitative estimate of drug-likeness (QED) is 0.0384. The van der Waals surface area contributed by atoms with Crippen molar-refractivity contribution in [2.45, 2.75) is 372 Å². The molecule has 0 unspecified atom stereocenters. The molecule has 0 aliphatic carbocycles. The third kappa shape index (κ3) is 23.1. The molecule has 36 atom stereocenters. The molecule has 6 aliphatic rings. The number of hydrogen-bond donors (Lipinski definition) is 10. The number of ether oxygens (including phenoxy) is 12. The van der Waals surface area contributed by atoms with Crippen molar-refractivity contribution in [1.29, 1.82) is 0 Å². The molecule has 6 saturated heterocycles. The van der Waals surface area contributed by atoms with E-state index in [1.54, 1.807) is 96.9 Å². The van der Waals surface area contributed by atoms with Crippen LogP contribution in [0.25, 0.3) is 0 Å². The van der Waals surface area contributed by atoms with E-state index in [9.17, 15) is 60.7 Å². The highest BCUT2D eigenvalue weighted by Gasteiger charge is 2.58. The Labute approximate surface area is 699 Å². The van der Waals surface area contributed by atoms with E-state index in [0.29, 0.717) is 25.9 Å². The van der Waals surface area contributed by atoms with Gasteiger partial charge in [-0.25, -0.2) is 0 Å². The summed E-state index contributed by atoms with van der Waals surface area (Å²) >= 11 is 0. The molecule has 30 heteroatoms. The molecule has 0 radical (unpaired) electrons. The van der Waals surface area contributed by atoms with E-state index in [4.69, 9.17) is 66.5 Å². The highest BCUT2D eigenvalue weighted by molar-refractivity contribution is 5.89. The van der Waals surface area contributed by atoms with Crippen LogP contribution >= 0.6 is 0 Å². The fourth-order valence-corrected chi connectivity index (χ4v) is 19.2. The minimum atomic E-state index is -2.05. The zero-order valence-electron chi connectivity index (χ0n) is 74.4. The highest BCUT2D eigenvalue weighted by atomic mass is 16.7. The summed E-state index contributed by atoms with van der Waals surface area (Å²) in [6, 6.07) is 17.4. The summed E-state index contributed by atoms with van der Waals surface area (Å²) in [6.45, 7) is 34.4. The molecule has 2 aromatic rings. The first-order valence-corrected chi connectivity index (χ1v) is 42.7. The second kappa shape index (κ2) is 41.5. The van der Waals surface area contributed by atoms with Crippen LogP contribution in [0.1, 0.15) is 201 Å². The van der Waals surface area contributed by atoms with Crippen LogP contribution in [0.2, 0.25) is 0 Å². The van der Waals surface area contributed by atoms with E-state index in [2.05, 4.69) is 10.3 Å². The second-order valence-electron chi connectivity index (χ2n) is 36.7. The maximum absolute atomic E-state index is 15.0. The van der Waals surface area contributed by atoms with Gasteiger partial charge < -0.3 is 118 Å². The minimum Gasteiger partial charge on any atom is -0.459 e. The Hall–Kier alpha value is -4.56. The van der Waals surface area contributed by atoms with E-state index >= 15 is 0 Å². The third-order valence-corrected chi connectivity index (χ3v) is 26.8. The molecular weight excluding hydrogens is 1530 g/mol. The number of oxime groups is 2. The summed E-state index contributed by atoms with van der Waals surface area (Å²) in [4.78, 5) is 46.0. The maximum Gasteiger partial charge on any atom is 0.311 e. The lowest BCUT2D eigenvalue weighted by Gasteiger charge is -2.49. The average molecular weight is 1680 g/mol. The van der Waals surface area contributed by atoms with Gasteiger partial charge in [-0.3, -0.25) is 19.4 Å². The Morgan fingerprint density at radius 1 is 0.458 bits per heavy atom. The van der Waals surface area contributed by atoms with Crippen molar-refractivity contribution in [3.8, 4) is 0 Å². The monoisotopic (exact) mass is 1680 g/mol. The average Bonchev–Trinajstić information content (AvgIpc) is 0.770. The molecule has 10 N–H and O–H groups in total. The normalized spacial score (nSPS) is 45.3. The van der Waals surface area contributed by atoms with E-state index in [-0.39, 0.29) is 63.2 Å². The summed E-state index contributed by atoms with van der Waals surface area (Å²) in [7, 11) is 6.67. The molecule has 30 nitrogen and oxygen atoms in total.